The zero-order valence-corrected chi connectivity index (χ0v) is 14.6. The van der Waals surface area contributed by atoms with Crippen LogP contribution in [0.15, 0.2) is 42.5 Å². The second-order valence-electron chi connectivity index (χ2n) is 7.12. The predicted octanol–water partition coefficient (Wildman–Crippen LogP) is 3.64. The number of nitrogens with zero attached hydrogens (tertiary/aromatic N) is 1. The number of aromatic hydroxyl groups is 2. The van der Waals surface area contributed by atoms with Crippen LogP contribution in [0.25, 0.3) is 21.2 Å². The zero-order chi connectivity index (χ0) is 17.0. The fourth-order valence-corrected chi connectivity index (χ4v) is 5.20. The van der Waals surface area contributed by atoms with Gasteiger partial charge in [0, 0.05) is 36.6 Å². The van der Waals surface area contributed by atoms with Gasteiger partial charge >= 0.3 is 0 Å². The van der Waals surface area contributed by atoms with Gasteiger partial charge in [-0.1, -0.05) is 6.07 Å². The first kappa shape index (κ1) is 15.0. The number of anilines is 1. The summed E-state index contributed by atoms with van der Waals surface area (Å²) in [4.78, 5) is 3.57. The predicted molar refractivity (Wildman–Crippen MR) is 103 cm³/mol. The Bertz CT molecular complexity index is 940. The molecule has 5 rings (SSSR count). The normalized spacial score (nSPS) is 22.6. The van der Waals surface area contributed by atoms with Crippen LogP contribution in [0.3, 0.4) is 0 Å². The van der Waals surface area contributed by atoms with E-state index in [2.05, 4.69) is 22.3 Å². The van der Waals surface area contributed by atoms with E-state index in [1.807, 2.05) is 12.1 Å². The summed E-state index contributed by atoms with van der Waals surface area (Å²) < 4.78 is 0. The number of phenols is 2. The molecule has 3 N–H and O–H groups in total. The molecule has 0 aliphatic carbocycles. The third-order valence-corrected chi connectivity index (χ3v) is 6.68. The Morgan fingerprint density at radius 3 is 2.52 bits per heavy atom. The van der Waals surface area contributed by atoms with Gasteiger partial charge in [0.05, 0.1) is 5.00 Å². The number of rotatable bonds is 2. The molecular formula is C20H20N2O2S. The van der Waals surface area contributed by atoms with E-state index in [9.17, 15) is 10.2 Å². The number of thiophene rings is 1. The monoisotopic (exact) mass is 352 g/mol. The molecule has 2 saturated heterocycles. The fraction of sp³-hybridized carbons (Fsp3) is 0.300. The minimum absolute atomic E-state index is 0.215. The summed E-state index contributed by atoms with van der Waals surface area (Å²) in [5.41, 5.74) is 0.857. The molecule has 5 heteroatoms. The summed E-state index contributed by atoms with van der Waals surface area (Å²) >= 11 is 1.74. The lowest BCUT2D eigenvalue weighted by molar-refractivity contribution is 0.475. The molecule has 0 radical (unpaired) electrons. The topological polar surface area (TPSA) is 55.7 Å². The molecule has 0 unspecified atom stereocenters. The summed E-state index contributed by atoms with van der Waals surface area (Å²) in [6.07, 6.45) is 0. The van der Waals surface area contributed by atoms with Crippen LogP contribution < -0.4 is 10.2 Å². The van der Waals surface area contributed by atoms with Crippen LogP contribution in [0.2, 0.25) is 0 Å². The summed E-state index contributed by atoms with van der Waals surface area (Å²) in [6, 6.07) is 13.3. The minimum atomic E-state index is 0.215. The molecule has 4 nitrogen and oxygen atoms in total. The van der Waals surface area contributed by atoms with Crippen LogP contribution in [0.4, 0.5) is 5.00 Å². The van der Waals surface area contributed by atoms with Gasteiger partial charge in [-0.15, -0.1) is 11.3 Å². The van der Waals surface area contributed by atoms with Crippen LogP contribution in [-0.2, 0) is 0 Å². The maximum atomic E-state index is 10.5. The van der Waals surface area contributed by atoms with E-state index in [0.29, 0.717) is 0 Å². The Morgan fingerprint density at radius 1 is 0.920 bits per heavy atom. The molecule has 1 aromatic heterocycles. The summed E-state index contributed by atoms with van der Waals surface area (Å²) in [7, 11) is 0. The molecule has 0 spiro atoms. The number of benzene rings is 2. The molecule has 3 aromatic rings. The van der Waals surface area contributed by atoms with Crippen molar-refractivity contribution in [2.75, 3.05) is 31.1 Å². The third kappa shape index (κ3) is 2.55. The fourth-order valence-electron chi connectivity index (χ4n) is 4.15. The number of phenolic OH excluding ortho intramolecular Hbond substituents is 2. The molecule has 2 aromatic carbocycles. The SMILES string of the molecule is Oc1ccc2cc(-c3ccc(N4C[C@H]5CNC[C@H]5C4)s3)c(O)cc2c1. The van der Waals surface area contributed by atoms with Crippen LogP contribution in [0, 0.1) is 11.8 Å². The molecule has 25 heavy (non-hydrogen) atoms. The van der Waals surface area contributed by atoms with Crippen molar-refractivity contribution in [3.8, 4) is 21.9 Å². The lowest BCUT2D eigenvalue weighted by Gasteiger charge is -2.17. The Kier molecular flexibility index (Phi) is 3.40. The maximum Gasteiger partial charge on any atom is 0.124 e. The van der Waals surface area contributed by atoms with E-state index in [1.165, 1.54) is 5.00 Å². The van der Waals surface area contributed by atoms with Crippen molar-refractivity contribution in [2.24, 2.45) is 11.8 Å². The van der Waals surface area contributed by atoms with Crippen LogP contribution in [0.5, 0.6) is 11.5 Å². The molecular weight excluding hydrogens is 332 g/mol. The van der Waals surface area contributed by atoms with Gasteiger partial charge in [-0.2, -0.15) is 0 Å². The number of hydrogen-bond donors (Lipinski definition) is 3. The second kappa shape index (κ2) is 5.64. The smallest absolute Gasteiger partial charge is 0.124 e. The number of fused-ring (bicyclic) bond motifs is 2. The van der Waals surface area contributed by atoms with Gasteiger partial charge in [-0.25, -0.2) is 0 Å². The minimum Gasteiger partial charge on any atom is -0.508 e. The van der Waals surface area contributed by atoms with E-state index in [-0.39, 0.29) is 11.5 Å². The van der Waals surface area contributed by atoms with Crippen molar-refractivity contribution in [3.63, 3.8) is 0 Å². The van der Waals surface area contributed by atoms with Crippen molar-refractivity contribution in [3.05, 3.63) is 42.5 Å². The standard InChI is InChI=1S/C20H20N2O2S/c23-16-2-1-12-6-17(18(24)7-13(12)5-16)19-3-4-20(25-19)22-10-14-8-21-9-15(14)11-22/h1-7,14-15,21,23-24H,8-11H2/t14-,15+. The highest BCUT2D eigenvalue weighted by Crippen LogP contribution is 2.42. The summed E-state index contributed by atoms with van der Waals surface area (Å²) in [6.45, 7) is 4.52. The average Bonchev–Trinajstić information content (AvgIpc) is 3.29. The second-order valence-corrected chi connectivity index (χ2v) is 8.18. The van der Waals surface area contributed by atoms with Crippen LogP contribution >= 0.6 is 11.3 Å². The highest BCUT2D eigenvalue weighted by molar-refractivity contribution is 7.19. The molecule has 3 heterocycles. The highest BCUT2D eigenvalue weighted by atomic mass is 32.1. The van der Waals surface area contributed by atoms with Gasteiger partial charge in [0.25, 0.3) is 0 Å². The Hall–Kier alpha value is -2.24. The lowest BCUT2D eigenvalue weighted by Crippen LogP contribution is -2.24. The van der Waals surface area contributed by atoms with Gasteiger partial charge in [0.15, 0.2) is 0 Å². The van der Waals surface area contributed by atoms with E-state index < -0.39 is 0 Å². The van der Waals surface area contributed by atoms with Crippen molar-refractivity contribution < 1.29 is 10.2 Å². The van der Waals surface area contributed by atoms with Gasteiger partial charge in [0.1, 0.15) is 11.5 Å². The molecule has 2 aliphatic heterocycles. The summed E-state index contributed by atoms with van der Waals surface area (Å²) in [5, 5.41) is 26.7. The van der Waals surface area contributed by atoms with E-state index in [4.69, 9.17) is 0 Å². The molecule has 128 valence electrons. The Morgan fingerprint density at radius 2 is 1.72 bits per heavy atom. The number of nitrogens with one attached hydrogen (secondary N) is 1. The first-order chi connectivity index (χ1) is 12.2. The van der Waals surface area contributed by atoms with Crippen molar-refractivity contribution in [1.82, 2.24) is 5.32 Å². The molecule has 2 atom stereocenters. The third-order valence-electron chi connectivity index (χ3n) is 5.50. The molecule has 0 saturated carbocycles. The molecule has 2 aliphatic rings. The van der Waals surface area contributed by atoms with Gasteiger partial charge < -0.3 is 20.4 Å². The van der Waals surface area contributed by atoms with Gasteiger partial charge in [-0.05, 0) is 59.0 Å². The van der Waals surface area contributed by atoms with E-state index >= 15 is 0 Å². The highest BCUT2D eigenvalue weighted by Gasteiger charge is 2.36. The quantitative estimate of drug-likeness (QED) is 0.659. The Labute approximate surface area is 150 Å². The summed E-state index contributed by atoms with van der Waals surface area (Å²) in [5.74, 6) is 2.01. The number of hydrogen-bond acceptors (Lipinski definition) is 5. The van der Waals surface area contributed by atoms with Crippen LogP contribution in [-0.4, -0.2) is 36.4 Å². The van der Waals surface area contributed by atoms with Crippen LogP contribution in [0.1, 0.15) is 0 Å². The van der Waals surface area contributed by atoms with Crippen molar-refractivity contribution in [1.29, 1.82) is 0 Å². The average molecular weight is 352 g/mol. The van der Waals surface area contributed by atoms with Crippen molar-refractivity contribution >= 4 is 27.1 Å². The van der Waals surface area contributed by atoms with E-state index in [1.54, 1.807) is 29.5 Å². The molecule has 0 bridgehead atoms. The Balaban J connectivity index is 1.48. The first-order valence-electron chi connectivity index (χ1n) is 8.69. The zero-order valence-electron chi connectivity index (χ0n) is 13.8. The van der Waals surface area contributed by atoms with E-state index in [0.717, 1.165) is 59.2 Å². The first-order valence-corrected chi connectivity index (χ1v) is 9.50. The maximum absolute atomic E-state index is 10.5. The largest absolute Gasteiger partial charge is 0.508 e. The molecule has 0 amide bonds. The molecule has 2 fully saturated rings. The van der Waals surface area contributed by atoms with Crippen molar-refractivity contribution in [2.45, 2.75) is 0 Å². The van der Waals surface area contributed by atoms with Gasteiger partial charge in [-0.3, -0.25) is 0 Å². The van der Waals surface area contributed by atoms with Gasteiger partial charge in [0.2, 0.25) is 0 Å². The lowest BCUT2D eigenvalue weighted by atomic mass is 10.0.